The Balaban J connectivity index is 2.47. The zero-order chi connectivity index (χ0) is 13.3. The van der Waals surface area contributed by atoms with Gasteiger partial charge in [0.2, 0.25) is 0 Å². The van der Waals surface area contributed by atoms with Gasteiger partial charge in [-0.05, 0) is 19.8 Å². The first kappa shape index (κ1) is 16.0. The molecular formula is C16H33NO. The maximum atomic E-state index is 5.50. The van der Waals surface area contributed by atoms with Crippen LogP contribution in [0.2, 0.25) is 0 Å². The predicted octanol–water partition coefficient (Wildman–Crippen LogP) is 4.24. The Labute approximate surface area is 114 Å². The topological polar surface area (TPSA) is 12.5 Å². The molecule has 0 radical (unpaired) electrons. The minimum Gasteiger partial charge on any atom is -0.379 e. The van der Waals surface area contributed by atoms with E-state index in [2.05, 4.69) is 25.7 Å². The fourth-order valence-electron chi connectivity index (χ4n) is 3.06. The zero-order valence-electron chi connectivity index (χ0n) is 12.8. The Morgan fingerprint density at radius 3 is 1.83 bits per heavy atom. The first-order chi connectivity index (χ1) is 8.73. The standard InChI is InChI=1S/C16H33NO/c1-4-6-8-10-16(3,11-9-7-5-2)17-12-14-18-15-13-17/h4-15H2,1-3H3. The van der Waals surface area contributed by atoms with Crippen LogP contribution in [0.25, 0.3) is 0 Å². The molecule has 0 aromatic carbocycles. The molecule has 108 valence electrons. The van der Waals surface area contributed by atoms with E-state index in [1.54, 1.807) is 0 Å². The number of rotatable bonds is 9. The second-order valence-electron chi connectivity index (χ2n) is 6.01. The summed E-state index contributed by atoms with van der Waals surface area (Å²) in [5, 5.41) is 0. The van der Waals surface area contributed by atoms with Crippen LogP contribution in [0.1, 0.15) is 72.1 Å². The Kier molecular flexibility index (Phi) is 7.92. The van der Waals surface area contributed by atoms with Crippen LogP contribution in [0.3, 0.4) is 0 Å². The highest BCUT2D eigenvalue weighted by atomic mass is 16.5. The molecule has 1 heterocycles. The fourth-order valence-corrected chi connectivity index (χ4v) is 3.06. The third-order valence-corrected chi connectivity index (χ3v) is 4.41. The van der Waals surface area contributed by atoms with Crippen LogP contribution in [0.4, 0.5) is 0 Å². The number of hydrogen-bond donors (Lipinski definition) is 0. The van der Waals surface area contributed by atoms with Crippen molar-refractivity contribution >= 4 is 0 Å². The van der Waals surface area contributed by atoms with Gasteiger partial charge in [-0.15, -0.1) is 0 Å². The molecule has 1 aliphatic heterocycles. The molecule has 1 fully saturated rings. The molecule has 1 aliphatic rings. The number of ether oxygens (including phenoxy) is 1. The molecule has 0 aromatic heterocycles. The van der Waals surface area contributed by atoms with Gasteiger partial charge in [-0.3, -0.25) is 4.90 Å². The molecule has 2 nitrogen and oxygen atoms in total. The molecule has 1 rings (SSSR count). The van der Waals surface area contributed by atoms with Gasteiger partial charge in [0, 0.05) is 18.6 Å². The Hall–Kier alpha value is -0.0800. The summed E-state index contributed by atoms with van der Waals surface area (Å²) in [5.41, 5.74) is 0.425. The maximum Gasteiger partial charge on any atom is 0.0594 e. The molecule has 2 heteroatoms. The van der Waals surface area contributed by atoms with Gasteiger partial charge in [0.15, 0.2) is 0 Å². The van der Waals surface area contributed by atoms with E-state index in [0.29, 0.717) is 5.54 Å². The van der Waals surface area contributed by atoms with Gasteiger partial charge in [-0.2, -0.15) is 0 Å². The molecular weight excluding hydrogens is 222 g/mol. The van der Waals surface area contributed by atoms with E-state index in [9.17, 15) is 0 Å². The van der Waals surface area contributed by atoms with Gasteiger partial charge >= 0.3 is 0 Å². The molecule has 0 bridgehead atoms. The molecule has 0 spiro atoms. The lowest BCUT2D eigenvalue weighted by atomic mass is 9.86. The van der Waals surface area contributed by atoms with Crippen molar-refractivity contribution in [2.75, 3.05) is 26.3 Å². The van der Waals surface area contributed by atoms with Gasteiger partial charge in [0.05, 0.1) is 13.2 Å². The van der Waals surface area contributed by atoms with Gasteiger partial charge < -0.3 is 4.74 Å². The summed E-state index contributed by atoms with van der Waals surface area (Å²) in [5.74, 6) is 0. The van der Waals surface area contributed by atoms with Crippen LogP contribution >= 0.6 is 0 Å². The van der Waals surface area contributed by atoms with Crippen molar-refractivity contribution < 1.29 is 4.74 Å². The van der Waals surface area contributed by atoms with Crippen LogP contribution in [-0.2, 0) is 4.74 Å². The smallest absolute Gasteiger partial charge is 0.0594 e. The number of morpholine rings is 1. The van der Waals surface area contributed by atoms with Crippen molar-refractivity contribution in [3.05, 3.63) is 0 Å². The van der Waals surface area contributed by atoms with Crippen LogP contribution in [0, 0.1) is 0 Å². The highest BCUT2D eigenvalue weighted by Gasteiger charge is 2.31. The Bertz CT molecular complexity index is 189. The maximum absolute atomic E-state index is 5.50. The van der Waals surface area contributed by atoms with Crippen LogP contribution < -0.4 is 0 Å². The number of nitrogens with zero attached hydrogens (tertiary/aromatic N) is 1. The Morgan fingerprint density at radius 1 is 0.889 bits per heavy atom. The average Bonchev–Trinajstić information content (AvgIpc) is 2.40. The quantitative estimate of drug-likeness (QED) is 0.571. The van der Waals surface area contributed by atoms with Crippen LogP contribution in [0.15, 0.2) is 0 Å². The van der Waals surface area contributed by atoms with Crippen molar-refractivity contribution in [2.45, 2.75) is 77.7 Å². The molecule has 0 N–H and O–H groups in total. The van der Waals surface area contributed by atoms with Gasteiger partial charge in [-0.25, -0.2) is 0 Å². The summed E-state index contributed by atoms with van der Waals surface area (Å²) in [7, 11) is 0. The second kappa shape index (κ2) is 8.92. The highest BCUT2D eigenvalue weighted by Crippen LogP contribution is 2.29. The summed E-state index contributed by atoms with van der Waals surface area (Å²) in [6.07, 6.45) is 10.9. The summed E-state index contributed by atoms with van der Waals surface area (Å²) in [6.45, 7) is 11.2. The molecule has 0 saturated carbocycles. The monoisotopic (exact) mass is 255 g/mol. The van der Waals surface area contributed by atoms with Gasteiger partial charge in [0.1, 0.15) is 0 Å². The summed E-state index contributed by atoms with van der Waals surface area (Å²) < 4.78 is 5.50. The number of unbranched alkanes of at least 4 members (excludes halogenated alkanes) is 4. The predicted molar refractivity (Wildman–Crippen MR) is 79.1 cm³/mol. The molecule has 0 unspecified atom stereocenters. The van der Waals surface area contributed by atoms with E-state index in [0.717, 1.165) is 26.3 Å². The van der Waals surface area contributed by atoms with Crippen molar-refractivity contribution in [1.82, 2.24) is 4.90 Å². The minimum atomic E-state index is 0.425. The molecule has 1 saturated heterocycles. The van der Waals surface area contributed by atoms with Crippen molar-refractivity contribution in [2.24, 2.45) is 0 Å². The SMILES string of the molecule is CCCCCC(C)(CCCCC)N1CCOCC1. The molecule has 0 atom stereocenters. The van der Waals surface area contributed by atoms with Crippen molar-refractivity contribution in [3.8, 4) is 0 Å². The zero-order valence-corrected chi connectivity index (χ0v) is 12.8. The third-order valence-electron chi connectivity index (χ3n) is 4.41. The Morgan fingerprint density at radius 2 is 1.39 bits per heavy atom. The van der Waals surface area contributed by atoms with E-state index in [4.69, 9.17) is 4.74 Å². The summed E-state index contributed by atoms with van der Waals surface area (Å²) in [4.78, 5) is 2.70. The molecule has 18 heavy (non-hydrogen) atoms. The van der Waals surface area contributed by atoms with E-state index < -0.39 is 0 Å². The van der Waals surface area contributed by atoms with E-state index in [1.165, 1.54) is 51.4 Å². The van der Waals surface area contributed by atoms with Crippen molar-refractivity contribution in [1.29, 1.82) is 0 Å². The van der Waals surface area contributed by atoms with Crippen molar-refractivity contribution in [3.63, 3.8) is 0 Å². The molecule has 0 aromatic rings. The minimum absolute atomic E-state index is 0.425. The lowest BCUT2D eigenvalue weighted by molar-refractivity contribution is -0.0242. The van der Waals surface area contributed by atoms with Crippen LogP contribution in [0.5, 0.6) is 0 Å². The van der Waals surface area contributed by atoms with E-state index in [-0.39, 0.29) is 0 Å². The summed E-state index contributed by atoms with van der Waals surface area (Å²) in [6, 6.07) is 0. The average molecular weight is 255 g/mol. The lowest BCUT2D eigenvalue weighted by Gasteiger charge is -2.44. The van der Waals surface area contributed by atoms with Gasteiger partial charge in [-0.1, -0.05) is 52.4 Å². The fraction of sp³-hybridized carbons (Fsp3) is 1.00. The first-order valence-electron chi connectivity index (χ1n) is 8.05. The number of hydrogen-bond acceptors (Lipinski definition) is 2. The highest BCUT2D eigenvalue weighted by molar-refractivity contribution is 4.87. The first-order valence-corrected chi connectivity index (χ1v) is 8.05. The van der Waals surface area contributed by atoms with Crippen LogP contribution in [-0.4, -0.2) is 36.7 Å². The molecule has 0 aliphatic carbocycles. The third kappa shape index (κ3) is 5.27. The van der Waals surface area contributed by atoms with E-state index >= 15 is 0 Å². The lowest BCUT2D eigenvalue weighted by Crippen LogP contribution is -2.51. The summed E-state index contributed by atoms with van der Waals surface area (Å²) >= 11 is 0. The second-order valence-corrected chi connectivity index (χ2v) is 6.01. The normalized spacial score (nSPS) is 18.2. The molecule has 0 amide bonds. The van der Waals surface area contributed by atoms with Gasteiger partial charge in [0.25, 0.3) is 0 Å². The largest absolute Gasteiger partial charge is 0.379 e. The van der Waals surface area contributed by atoms with E-state index in [1.807, 2.05) is 0 Å².